The predicted octanol–water partition coefficient (Wildman–Crippen LogP) is 2.74. The number of rotatable bonds is 6. The SMILES string of the molecule is CC1CCC(CNC(C)CCN(C)C)CC1. The molecular formula is C14H30N2. The zero-order valence-electron chi connectivity index (χ0n) is 11.6. The molecule has 1 rings (SSSR count). The Hall–Kier alpha value is -0.0800. The van der Waals surface area contributed by atoms with Crippen molar-refractivity contribution < 1.29 is 0 Å². The minimum absolute atomic E-state index is 0.668. The monoisotopic (exact) mass is 226 g/mol. The molecule has 0 aromatic rings. The van der Waals surface area contributed by atoms with Gasteiger partial charge in [-0.15, -0.1) is 0 Å². The predicted molar refractivity (Wildman–Crippen MR) is 71.8 cm³/mol. The van der Waals surface area contributed by atoms with E-state index in [4.69, 9.17) is 0 Å². The maximum absolute atomic E-state index is 3.70. The molecule has 0 radical (unpaired) electrons. The van der Waals surface area contributed by atoms with Crippen LogP contribution in [0.3, 0.4) is 0 Å². The summed E-state index contributed by atoms with van der Waals surface area (Å²) < 4.78 is 0. The lowest BCUT2D eigenvalue weighted by Gasteiger charge is -2.27. The molecule has 1 aliphatic carbocycles. The Kier molecular flexibility index (Phi) is 6.37. The van der Waals surface area contributed by atoms with Gasteiger partial charge in [-0.2, -0.15) is 0 Å². The average molecular weight is 226 g/mol. The van der Waals surface area contributed by atoms with Gasteiger partial charge in [0.25, 0.3) is 0 Å². The van der Waals surface area contributed by atoms with Gasteiger partial charge < -0.3 is 10.2 Å². The van der Waals surface area contributed by atoms with E-state index in [2.05, 4.69) is 38.2 Å². The lowest BCUT2D eigenvalue weighted by Crippen LogP contribution is -2.34. The molecule has 2 heteroatoms. The van der Waals surface area contributed by atoms with Crippen molar-refractivity contribution in [3.8, 4) is 0 Å². The molecule has 0 aromatic heterocycles. The van der Waals surface area contributed by atoms with Crippen molar-refractivity contribution in [1.29, 1.82) is 0 Å². The third-order valence-electron chi connectivity index (χ3n) is 3.90. The van der Waals surface area contributed by atoms with Crippen LogP contribution < -0.4 is 5.32 Å². The van der Waals surface area contributed by atoms with Crippen molar-refractivity contribution in [2.45, 2.75) is 52.0 Å². The Morgan fingerprint density at radius 3 is 2.38 bits per heavy atom. The first-order valence-corrected chi connectivity index (χ1v) is 6.96. The first-order chi connectivity index (χ1) is 7.58. The highest BCUT2D eigenvalue weighted by Gasteiger charge is 2.18. The fourth-order valence-electron chi connectivity index (χ4n) is 2.46. The second kappa shape index (κ2) is 7.29. The van der Waals surface area contributed by atoms with Gasteiger partial charge in [-0.1, -0.05) is 19.8 Å². The van der Waals surface area contributed by atoms with E-state index >= 15 is 0 Å². The fourth-order valence-corrected chi connectivity index (χ4v) is 2.46. The molecule has 1 atom stereocenters. The molecule has 1 N–H and O–H groups in total. The van der Waals surface area contributed by atoms with Crippen molar-refractivity contribution in [3.05, 3.63) is 0 Å². The molecule has 0 aromatic carbocycles. The van der Waals surface area contributed by atoms with Crippen LogP contribution in [-0.2, 0) is 0 Å². The minimum Gasteiger partial charge on any atom is -0.314 e. The third kappa shape index (κ3) is 5.86. The standard InChI is InChI=1S/C14H30N2/c1-12-5-7-14(8-6-12)11-15-13(2)9-10-16(3)4/h12-15H,5-11H2,1-4H3. The molecule has 96 valence electrons. The fraction of sp³-hybridized carbons (Fsp3) is 1.00. The molecule has 2 nitrogen and oxygen atoms in total. The third-order valence-corrected chi connectivity index (χ3v) is 3.90. The van der Waals surface area contributed by atoms with Crippen LogP contribution in [0, 0.1) is 11.8 Å². The Balaban J connectivity index is 2.05. The second-order valence-corrected chi connectivity index (χ2v) is 6.03. The molecule has 16 heavy (non-hydrogen) atoms. The normalized spacial score (nSPS) is 28.3. The first kappa shape index (κ1) is 14.0. The maximum atomic E-state index is 3.70. The quantitative estimate of drug-likeness (QED) is 0.749. The summed E-state index contributed by atoms with van der Waals surface area (Å²) in [5.41, 5.74) is 0. The lowest BCUT2D eigenvalue weighted by atomic mass is 9.83. The summed E-state index contributed by atoms with van der Waals surface area (Å²) in [6.07, 6.45) is 7.02. The Morgan fingerprint density at radius 1 is 1.19 bits per heavy atom. The van der Waals surface area contributed by atoms with Crippen LogP contribution >= 0.6 is 0 Å². The molecule has 1 saturated carbocycles. The summed E-state index contributed by atoms with van der Waals surface area (Å²) in [6.45, 7) is 7.13. The highest BCUT2D eigenvalue weighted by Crippen LogP contribution is 2.27. The molecule has 0 aliphatic heterocycles. The van der Waals surface area contributed by atoms with Crippen LogP contribution in [0.5, 0.6) is 0 Å². The molecule has 1 unspecified atom stereocenters. The summed E-state index contributed by atoms with van der Waals surface area (Å²) in [7, 11) is 4.30. The van der Waals surface area contributed by atoms with Crippen molar-refractivity contribution >= 4 is 0 Å². The Bertz CT molecular complexity index is 172. The van der Waals surface area contributed by atoms with E-state index < -0.39 is 0 Å². The van der Waals surface area contributed by atoms with Crippen molar-refractivity contribution in [1.82, 2.24) is 10.2 Å². The van der Waals surface area contributed by atoms with Crippen molar-refractivity contribution in [3.63, 3.8) is 0 Å². The van der Waals surface area contributed by atoms with Crippen LogP contribution in [-0.4, -0.2) is 38.1 Å². The molecule has 0 heterocycles. The van der Waals surface area contributed by atoms with Crippen LogP contribution in [0.15, 0.2) is 0 Å². The maximum Gasteiger partial charge on any atom is 0.00510 e. The van der Waals surface area contributed by atoms with E-state index in [1.807, 2.05) is 0 Å². The van der Waals surface area contributed by atoms with Crippen LogP contribution in [0.4, 0.5) is 0 Å². The van der Waals surface area contributed by atoms with E-state index in [1.54, 1.807) is 0 Å². The van der Waals surface area contributed by atoms with E-state index in [0.29, 0.717) is 6.04 Å². The molecule has 0 amide bonds. The minimum atomic E-state index is 0.668. The van der Waals surface area contributed by atoms with Gasteiger partial charge in [-0.05, 0) is 65.2 Å². The number of nitrogens with zero attached hydrogens (tertiary/aromatic N) is 1. The highest BCUT2D eigenvalue weighted by atomic mass is 15.1. The van der Waals surface area contributed by atoms with Gasteiger partial charge in [-0.25, -0.2) is 0 Å². The van der Waals surface area contributed by atoms with Gasteiger partial charge in [0, 0.05) is 6.04 Å². The molecule has 1 aliphatic rings. The molecular weight excluding hydrogens is 196 g/mol. The van der Waals surface area contributed by atoms with Gasteiger partial charge in [-0.3, -0.25) is 0 Å². The summed E-state index contributed by atoms with van der Waals surface area (Å²) in [5, 5.41) is 3.70. The summed E-state index contributed by atoms with van der Waals surface area (Å²) in [5.74, 6) is 1.92. The van der Waals surface area contributed by atoms with Crippen molar-refractivity contribution in [2.24, 2.45) is 11.8 Å². The van der Waals surface area contributed by atoms with Gasteiger partial charge in [0.15, 0.2) is 0 Å². The van der Waals surface area contributed by atoms with Crippen LogP contribution in [0.1, 0.15) is 46.0 Å². The number of hydrogen-bond acceptors (Lipinski definition) is 2. The van der Waals surface area contributed by atoms with Gasteiger partial charge in [0.1, 0.15) is 0 Å². The lowest BCUT2D eigenvalue weighted by molar-refractivity contribution is 0.270. The molecule has 1 fully saturated rings. The molecule has 0 saturated heterocycles. The molecule has 0 spiro atoms. The Morgan fingerprint density at radius 2 is 1.81 bits per heavy atom. The largest absolute Gasteiger partial charge is 0.314 e. The van der Waals surface area contributed by atoms with Gasteiger partial charge >= 0.3 is 0 Å². The van der Waals surface area contributed by atoms with Crippen LogP contribution in [0.25, 0.3) is 0 Å². The van der Waals surface area contributed by atoms with E-state index in [1.165, 1.54) is 45.2 Å². The van der Waals surface area contributed by atoms with Crippen molar-refractivity contribution in [2.75, 3.05) is 27.2 Å². The van der Waals surface area contributed by atoms with Gasteiger partial charge in [0.05, 0.1) is 0 Å². The first-order valence-electron chi connectivity index (χ1n) is 6.96. The zero-order chi connectivity index (χ0) is 12.0. The van der Waals surface area contributed by atoms with E-state index in [-0.39, 0.29) is 0 Å². The highest BCUT2D eigenvalue weighted by molar-refractivity contribution is 4.73. The summed E-state index contributed by atoms with van der Waals surface area (Å²) >= 11 is 0. The average Bonchev–Trinajstić information content (AvgIpc) is 2.25. The zero-order valence-corrected chi connectivity index (χ0v) is 11.6. The van der Waals surface area contributed by atoms with Gasteiger partial charge in [0.2, 0.25) is 0 Å². The number of hydrogen-bond donors (Lipinski definition) is 1. The number of nitrogens with one attached hydrogen (secondary N) is 1. The molecule has 0 bridgehead atoms. The van der Waals surface area contributed by atoms with Crippen LogP contribution in [0.2, 0.25) is 0 Å². The second-order valence-electron chi connectivity index (χ2n) is 6.03. The summed E-state index contributed by atoms with van der Waals surface area (Å²) in [6, 6.07) is 0.668. The topological polar surface area (TPSA) is 15.3 Å². The summed E-state index contributed by atoms with van der Waals surface area (Å²) in [4.78, 5) is 2.26. The smallest absolute Gasteiger partial charge is 0.00510 e. The Labute approximate surface area is 102 Å². The van der Waals surface area contributed by atoms with E-state index in [9.17, 15) is 0 Å². The van der Waals surface area contributed by atoms with E-state index in [0.717, 1.165) is 11.8 Å².